The van der Waals surface area contributed by atoms with E-state index in [1.807, 2.05) is 0 Å². The number of hydrogen-bond acceptors (Lipinski definition) is 1. The Labute approximate surface area is 165 Å². The number of aromatic nitrogens is 2. The van der Waals surface area contributed by atoms with Gasteiger partial charge in [0.1, 0.15) is 4.64 Å². The fraction of sp³-hybridized carbons (Fsp3) is 0. The van der Waals surface area contributed by atoms with E-state index in [1.165, 1.54) is 43.6 Å². The first-order valence-electron chi connectivity index (χ1n) is 9.44. The van der Waals surface area contributed by atoms with Crippen LogP contribution in [0.3, 0.4) is 0 Å². The predicted octanol–water partition coefficient (Wildman–Crippen LogP) is 6.97. The van der Waals surface area contributed by atoms with Crippen molar-refractivity contribution in [1.82, 2.24) is 8.80 Å². The highest BCUT2D eigenvalue weighted by molar-refractivity contribution is 7.71. The molecule has 0 saturated carbocycles. The molecule has 0 spiro atoms. The molecule has 7 aromatic rings. The van der Waals surface area contributed by atoms with Crippen LogP contribution in [0.4, 0.5) is 0 Å². The molecule has 0 bridgehead atoms. The lowest BCUT2D eigenvalue weighted by Gasteiger charge is -2.00. The van der Waals surface area contributed by atoms with E-state index in [2.05, 4.69) is 93.7 Å². The van der Waals surface area contributed by atoms with Crippen molar-refractivity contribution < 1.29 is 0 Å². The summed E-state index contributed by atoms with van der Waals surface area (Å²) in [6.07, 6.45) is 0. The average Bonchev–Trinajstić information content (AvgIpc) is 3.22. The molecule has 0 unspecified atom stereocenters. The van der Waals surface area contributed by atoms with Crippen LogP contribution in [0.1, 0.15) is 0 Å². The zero-order valence-electron chi connectivity index (χ0n) is 14.9. The number of nitrogens with zero attached hydrogens (tertiary/aromatic N) is 2. The second-order valence-electron chi connectivity index (χ2n) is 7.39. The van der Waals surface area contributed by atoms with E-state index in [1.54, 1.807) is 0 Å². The molecule has 0 fully saturated rings. The Morgan fingerprint density at radius 2 is 0.857 bits per heavy atom. The molecule has 0 saturated heterocycles. The van der Waals surface area contributed by atoms with Crippen LogP contribution < -0.4 is 0 Å². The van der Waals surface area contributed by atoms with E-state index in [0.29, 0.717) is 0 Å². The third kappa shape index (κ3) is 1.54. The smallest absolute Gasteiger partial charge is 0.120 e. The Morgan fingerprint density at radius 1 is 0.429 bits per heavy atom. The van der Waals surface area contributed by atoms with Gasteiger partial charge in [-0.2, -0.15) is 0 Å². The van der Waals surface area contributed by atoms with Crippen LogP contribution in [0, 0.1) is 4.64 Å². The molecule has 3 aromatic heterocycles. The Hall–Kier alpha value is -3.43. The van der Waals surface area contributed by atoms with Crippen LogP contribution in [0.15, 0.2) is 84.9 Å². The van der Waals surface area contributed by atoms with Crippen molar-refractivity contribution in [3.8, 4) is 0 Å². The highest BCUT2D eigenvalue weighted by Crippen LogP contribution is 2.40. The molecule has 0 aliphatic carbocycles. The zero-order chi connectivity index (χ0) is 18.4. The van der Waals surface area contributed by atoms with Gasteiger partial charge in [-0.25, -0.2) is 0 Å². The normalized spacial score (nSPS) is 12.4. The summed E-state index contributed by atoms with van der Waals surface area (Å²) in [6.45, 7) is 0. The molecule has 0 aliphatic heterocycles. The van der Waals surface area contributed by atoms with Crippen LogP contribution in [-0.4, -0.2) is 8.80 Å². The van der Waals surface area contributed by atoms with E-state index < -0.39 is 0 Å². The second-order valence-corrected chi connectivity index (χ2v) is 7.77. The molecule has 28 heavy (non-hydrogen) atoms. The van der Waals surface area contributed by atoms with Crippen LogP contribution in [0.2, 0.25) is 0 Å². The van der Waals surface area contributed by atoms with E-state index in [4.69, 9.17) is 12.2 Å². The van der Waals surface area contributed by atoms with Crippen molar-refractivity contribution in [3.05, 3.63) is 89.6 Å². The number of fused-ring (bicyclic) bond motifs is 8. The lowest BCUT2D eigenvalue weighted by Crippen LogP contribution is -1.84. The largest absolute Gasteiger partial charge is 0.306 e. The Balaban J connectivity index is 2.06. The van der Waals surface area contributed by atoms with Gasteiger partial charge in [0.25, 0.3) is 0 Å². The van der Waals surface area contributed by atoms with Crippen molar-refractivity contribution in [2.75, 3.05) is 0 Å². The molecule has 0 radical (unpaired) electrons. The first-order chi connectivity index (χ1) is 13.8. The van der Waals surface area contributed by atoms with E-state index in [0.717, 1.165) is 15.5 Å². The Morgan fingerprint density at radius 3 is 1.46 bits per heavy atom. The third-order valence-electron chi connectivity index (χ3n) is 6.05. The molecule has 7 rings (SSSR count). The van der Waals surface area contributed by atoms with Gasteiger partial charge in [0, 0.05) is 26.9 Å². The predicted molar refractivity (Wildman–Crippen MR) is 120 cm³/mol. The lowest BCUT2D eigenvalue weighted by atomic mass is 10.1. The molecule has 0 atom stereocenters. The van der Waals surface area contributed by atoms with Gasteiger partial charge in [-0.15, -0.1) is 0 Å². The zero-order valence-corrected chi connectivity index (χ0v) is 15.7. The van der Waals surface area contributed by atoms with E-state index >= 15 is 0 Å². The SMILES string of the molecule is S=c1c2ccccc2n2c3ccccc3c3ccc4c5ccccc5n1c4c32. The summed E-state index contributed by atoms with van der Waals surface area (Å²) in [4.78, 5) is 0. The molecule has 3 heterocycles. The van der Waals surface area contributed by atoms with Gasteiger partial charge in [0.05, 0.1) is 27.6 Å². The van der Waals surface area contributed by atoms with Crippen LogP contribution in [0.25, 0.3) is 54.5 Å². The van der Waals surface area contributed by atoms with Gasteiger partial charge in [0.2, 0.25) is 0 Å². The van der Waals surface area contributed by atoms with Crippen LogP contribution in [0.5, 0.6) is 0 Å². The molecule has 2 nitrogen and oxygen atoms in total. The highest BCUT2D eigenvalue weighted by atomic mass is 32.1. The van der Waals surface area contributed by atoms with Crippen molar-refractivity contribution in [3.63, 3.8) is 0 Å². The maximum atomic E-state index is 6.07. The minimum absolute atomic E-state index is 0.863. The number of rotatable bonds is 0. The maximum absolute atomic E-state index is 6.07. The van der Waals surface area contributed by atoms with Crippen LogP contribution >= 0.6 is 12.2 Å². The standard InChI is InChI=1S/C25H14N2S/c28-25-19-9-3-6-12-22(19)26-20-10-4-1-7-15(20)17-13-14-18-16-8-2-5-11-21(16)27(25)24(18)23(17)26/h1-14H. The molecular formula is C25H14N2S. The highest BCUT2D eigenvalue weighted by Gasteiger charge is 2.19. The molecule has 0 aliphatic rings. The van der Waals surface area contributed by atoms with E-state index in [-0.39, 0.29) is 0 Å². The first-order valence-corrected chi connectivity index (χ1v) is 9.85. The summed E-state index contributed by atoms with van der Waals surface area (Å²) < 4.78 is 5.54. The number of para-hydroxylation sites is 3. The quantitative estimate of drug-likeness (QED) is 0.260. The van der Waals surface area contributed by atoms with Gasteiger partial charge in [0.15, 0.2) is 0 Å². The fourth-order valence-electron chi connectivity index (χ4n) is 4.93. The summed E-state index contributed by atoms with van der Waals surface area (Å²) in [5.74, 6) is 0. The minimum atomic E-state index is 0.863. The summed E-state index contributed by atoms with van der Waals surface area (Å²) in [7, 11) is 0. The Bertz CT molecular complexity index is 1790. The molecule has 4 aromatic carbocycles. The third-order valence-corrected chi connectivity index (χ3v) is 6.45. The van der Waals surface area contributed by atoms with E-state index in [9.17, 15) is 0 Å². The minimum Gasteiger partial charge on any atom is -0.306 e. The van der Waals surface area contributed by atoms with Crippen molar-refractivity contribution in [1.29, 1.82) is 0 Å². The van der Waals surface area contributed by atoms with Crippen LogP contribution in [-0.2, 0) is 0 Å². The second kappa shape index (κ2) is 4.89. The molecule has 0 N–H and O–H groups in total. The van der Waals surface area contributed by atoms with Gasteiger partial charge in [-0.3, -0.25) is 4.40 Å². The van der Waals surface area contributed by atoms with Gasteiger partial charge < -0.3 is 4.40 Å². The summed E-state index contributed by atoms with van der Waals surface area (Å²) >= 11 is 6.07. The summed E-state index contributed by atoms with van der Waals surface area (Å²) in [5.41, 5.74) is 5.99. The average molecular weight is 374 g/mol. The van der Waals surface area contributed by atoms with Gasteiger partial charge >= 0.3 is 0 Å². The molecule has 130 valence electrons. The topological polar surface area (TPSA) is 8.82 Å². The molecule has 3 heteroatoms. The monoisotopic (exact) mass is 374 g/mol. The summed E-state index contributed by atoms with van der Waals surface area (Å²) in [6, 6.07) is 30.3. The number of benzene rings is 4. The van der Waals surface area contributed by atoms with Gasteiger partial charge in [-0.05, 0) is 24.3 Å². The van der Waals surface area contributed by atoms with Crippen molar-refractivity contribution in [2.24, 2.45) is 0 Å². The van der Waals surface area contributed by atoms with Gasteiger partial charge in [-0.1, -0.05) is 72.9 Å². The fourth-order valence-corrected chi connectivity index (χ4v) is 5.29. The van der Waals surface area contributed by atoms with Crippen molar-refractivity contribution in [2.45, 2.75) is 0 Å². The number of hydrogen-bond donors (Lipinski definition) is 0. The molecule has 0 amide bonds. The maximum Gasteiger partial charge on any atom is 0.120 e. The Kier molecular flexibility index (Phi) is 2.55. The molecular weight excluding hydrogens is 360 g/mol. The lowest BCUT2D eigenvalue weighted by molar-refractivity contribution is 1.27. The summed E-state index contributed by atoms with van der Waals surface area (Å²) in [5, 5.41) is 6.14. The first kappa shape index (κ1) is 14.6. The van der Waals surface area contributed by atoms with Crippen molar-refractivity contribution >= 4 is 66.7 Å².